The van der Waals surface area contributed by atoms with E-state index in [-0.39, 0.29) is 12.6 Å². The summed E-state index contributed by atoms with van der Waals surface area (Å²) >= 11 is 0. The van der Waals surface area contributed by atoms with E-state index in [0.717, 1.165) is 22.6 Å². The summed E-state index contributed by atoms with van der Waals surface area (Å²) in [4.78, 5) is 26.1. The van der Waals surface area contributed by atoms with E-state index in [9.17, 15) is 22.8 Å². The van der Waals surface area contributed by atoms with Crippen LogP contribution in [-0.2, 0) is 23.9 Å². The van der Waals surface area contributed by atoms with Crippen molar-refractivity contribution in [3.8, 4) is 0 Å². The van der Waals surface area contributed by atoms with Gasteiger partial charge in [-0.25, -0.2) is 0 Å². The lowest BCUT2D eigenvalue weighted by Gasteiger charge is -2.25. The number of rotatable bonds is 7. The second kappa shape index (κ2) is 9.05. The third-order valence-corrected chi connectivity index (χ3v) is 4.53. The number of nitrogens with zero attached hydrogens (tertiary/aromatic N) is 2. The number of amides is 1. The van der Waals surface area contributed by atoms with Gasteiger partial charge in [0.15, 0.2) is 0 Å². The highest BCUT2D eigenvalue weighted by Crippen LogP contribution is 2.26. The molecule has 1 aromatic heterocycles. The highest BCUT2D eigenvalue weighted by atomic mass is 19.4. The van der Waals surface area contributed by atoms with Gasteiger partial charge in [0.25, 0.3) is 5.56 Å². The fourth-order valence-electron chi connectivity index (χ4n) is 2.87. The third kappa shape index (κ3) is 5.45. The van der Waals surface area contributed by atoms with Gasteiger partial charge in [-0.1, -0.05) is 31.2 Å². The van der Waals surface area contributed by atoms with Crippen molar-refractivity contribution in [2.24, 2.45) is 0 Å². The number of likely N-dealkylation sites (N-methyl/N-ethyl adjacent to an activating group) is 1. The average Bonchev–Trinajstić information content (AvgIpc) is 2.63. The Bertz CT molecular complexity index is 858. The number of carbonyl (C=O) groups excluding carboxylic acids is 1. The van der Waals surface area contributed by atoms with E-state index >= 15 is 0 Å². The molecule has 152 valence electrons. The normalized spacial score (nSPS) is 12.8. The Morgan fingerprint density at radius 3 is 2.36 bits per heavy atom. The van der Waals surface area contributed by atoms with Crippen LogP contribution in [0.2, 0.25) is 0 Å². The van der Waals surface area contributed by atoms with Gasteiger partial charge in [-0.2, -0.15) is 13.2 Å². The smallest absolute Gasteiger partial charge is 0.353 e. The van der Waals surface area contributed by atoms with Crippen molar-refractivity contribution >= 4 is 5.91 Å². The highest BCUT2D eigenvalue weighted by Gasteiger charge is 2.34. The van der Waals surface area contributed by atoms with Crippen LogP contribution < -0.4 is 10.9 Å². The van der Waals surface area contributed by atoms with Crippen molar-refractivity contribution < 1.29 is 18.0 Å². The molecule has 5 nitrogen and oxygen atoms in total. The first-order valence-electron chi connectivity index (χ1n) is 8.92. The molecule has 0 saturated heterocycles. The number of hydrogen-bond donors (Lipinski definition) is 1. The predicted octanol–water partition coefficient (Wildman–Crippen LogP) is 2.85. The van der Waals surface area contributed by atoms with Crippen LogP contribution in [0.4, 0.5) is 13.2 Å². The Morgan fingerprint density at radius 2 is 1.82 bits per heavy atom. The largest absolute Gasteiger partial charge is 0.421 e. The summed E-state index contributed by atoms with van der Waals surface area (Å²) in [5.74, 6) is -0.529. The van der Waals surface area contributed by atoms with Crippen molar-refractivity contribution in [1.82, 2.24) is 14.8 Å². The first-order chi connectivity index (χ1) is 13.1. The number of hydrogen-bond acceptors (Lipinski definition) is 3. The van der Waals surface area contributed by atoms with E-state index in [1.165, 1.54) is 11.8 Å². The lowest BCUT2D eigenvalue weighted by atomic mass is 10.0. The van der Waals surface area contributed by atoms with Crippen molar-refractivity contribution in [1.29, 1.82) is 0 Å². The Labute approximate surface area is 161 Å². The zero-order chi connectivity index (χ0) is 20.9. The molecule has 0 aliphatic rings. The summed E-state index contributed by atoms with van der Waals surface area (Å²) in [6.07, 6.45) is -2.66. The molecule has 28 heavy (non-hydrogen) atoms. The Morgan fingerprint density at radius 1 is 1.18 bits per heavy atom. The molecule has 0 saturated carbocycles. The minimum atomic E-state index is -4.75. The maximum Gasteiger partial charge on any atom is 0.421 e. The van der Waals surface area contributed by atoms with Gasteiger partial charge in [-0.05, 0) is 43.8 Å². The lowest BCUT2D eigenvalue weighted by molar-refractivity contribution is -0.139. The second-order valence-corrected chi connectivity index (χ2v) is 6.73. The van der Waals surface area contributed by atoms with Gasteiger partial charge in [0, 0.05) is 12.7 Å². The van der Waals surface area contributed by atoms with Gasteiger partial charge in [-0.15, -0.1) is 0 Å². The monoisotopic (exact) mass is 395 g/mol. The van der Waals surface area contributed by atoms with Crippen molar-refractivity contribution in [3.63, 3.8) is 0 Å². The molecule has 0 fully saturated rings. The first kappa shape index (κ1) is 21.7. The Balaban J connectivity index is 2.07. The average molecular weight is 395 g/mol. The molecule has 8 heteroatoms. The van der Waals surface area contributed by atoms with Crippen molar-refractivity contribution in [2.45, 2.75) is 32.1 Å². The van der Waals surface area contributed by atoms with Crippen LogP contribution in [-0.4, -0.2) is 36.0 Å². The molecular formula is C20H24F3N3O2. The van der Waals surface area contributed by atoms with Gasteiger partial charge < -0.3 is 14.8 Å². The number of aromatic nitrogens is 1. The van der Waals surface area contributed by atoms with E-state index in [0.29, 0.717) is 6.07 Å². The van der Waals surface area contributed by atoms with E-state index in [4.69, 9.17) is 0 Å². The van der Waals surface area contributed by atoms with Crippen LogP contribution >= 0.6 is 0 Å². The molecule has 1 atom stereocenters. The summed E-state index contributed by atoms with van der Waals surface area (Å²) < 4.78 is 39.3. The maximum absolute atomic E-state index is 12.8. The van der Waals surface area contributed by atoms with Gasteiger partial charge in [-0.3, -0.25) is 9.59 Å². The maximum atomic E-state index is 12.8. The van der Waals surface area contributed by atoms with Crippen molar-refractivity contribution in [2.75, 3.05) is 20.6 Å². The van der Waals surface area contributed by atoms with Gasteiger partial charge in [0.2, 0.25) is 5.91 Å². The van der Waals surface area contributed by atoms with Crippen LogP contribution in [0.25, 0.3) is 0 Å². The number of alkyl halides is 3. The zero-order valence-electron chi connectivity index (χ0n) is 16.1. The van der Waals surface area contributed by atoms with E-state index in [1.54, 1.807) is 0 Å². The molecule has 0 bridgehead atoms. The third-order valence-electron chi connectivity index (χ3n) is 4.53. The number of aryl methyl sites for hydroxylation is 1. The molecule has 0 aliphatic heterocycles. The predicted molar refractivity (Wildman–Crippen MR) is 101 cm³/mol. The van der Waals surface area contributed by atoms with Crippen LogP contribution in [0.1, 0.15) is 29.7 Å². The number of benzene rings is 1. The summed E-state index contributed by atoms with van der Waals surface area (Å²) in [5, 5.41) is 2.70. The number of pyridine rings is 1. The number of nitrogens with one attached hydrogen (secondary N) is 1. The fourth-order valence-corrected chi connectivity index (χ4v) is 2.87. The van der Waals surface area contributed by atoms with Crippen LogP contribution in [0.3, 0.4) is 0 Å². The fraction of sp³-hybridized carbons (Fsp3) is 0.400. The van der Waals surface area contributed by atoms with Crippen LogP contribution in [0.15, 0.2) is 47.4 Å². The summed E-state index contributed by atoms with van der Waals surface area (Å²) in [6, 6.07) is 9.74. The molecule has 1 heterocycles. The van der Waals surface area contributed by atoms with Gasteiger partial charge in [0.05, 0.1) is 6.04 Å². The quantitative estimate of drug-likeness (QED) is 0.785. The minimum Gasteiger partial charge on any atom is -0.353 e. The molecule has 0 aliphatic carbocycles. The minimum absolute atomic E-state index is 0.104. The highest BCUT2D eigenvalue weighted by molar-refractivity contribution is 5.75. The molecule has 2 aromatic rings. The van der Waals surface area contributed by atoms with E-state index in [1.807, 2.05) is 43.3 Å². The Kier molecular flexibility index (Phi) is 7.01. The van der Waals surface area contributed by atoms with Gasteiger partial charge >= 0.3 is 6.18 Å². The topological polar surface area (TPSA) is 54.3 Å². The molecule has 2 rings (SSSR count). The summed E-state index contributed by atoms with van der Waals surface area (Å²) in [6.45, 7) is 1.86. The standard InChI is InChI=1S/C20H24F3N3O2/c1-4-14-7-9-15(10-8-14)17(25(2)3)12-24-18(27)13-26-11-5-6-16(19(26)28)20(21,22)23/h5-11,17H,4,12-13H2,1-3H3,(H,24,27). The molecule has 1 N–H and O–H groups in total. The lowest BCUT2D eigenvalue weighted by Crippen LogP contribution is -2.38. The molecule has 1 amide bonds. The molecular weight excluding hydrogens is 371 g/mol. The molecule has 1 aromatic carbocycles. The number of carbonyl (C=O) groups is 1. The van der Waals surface area contributed by atoms with E-state index in [2.05, 4.69) is 12.2 Å². The molecule has 0 spiro atoms. The SMILES string of the molecule is CCc1ccc(C(CNC(=O)Cn2cccc(C(F)(F)F)c2=O)N(C)C)cc1. The van der Waals surface area contributed by atoms with Crippen LogP contribution in [0, 0.1) is 0 Å². The first-order valence-corrected chi connectivity index (χ1v) is 8.92. The second-order valence-electron chi connectivity index (χ2n) is 6.73. The van der Waals surface area contributed by atoms with E-state index < -0.39 is 29.8 Å². The Hall–Kier alpha value is -2.61. The van der Waals surface area contributed by atoms with Crippen molar-refractivity contribution in [3.05, 3.63) is 69.6 Å². The number of halogens is 3. The van der Waals surface area contributed by atoms with Crippen LogP contribution in [0.5, 0.6) is 0 Å². The molecule has 0 radical (unpaired) electrons. The van der Waals surface area contributed by atoms with Gasteiger partial charge in [0.1, 0.15) is 12.1 Å². The molecule has 1 unspecified atom stereocenters. The summed E-state index contributed by atoms with van der Waals surface area (Å²) in [7, 11) is 3.75. The zero-order valence-corrected chi connectivity index (χ0v) is 16.1. The summed E-state index contributed by atoms with van der Waals surface area (Å²) in [5.41, 5.74) is -0.303.